The standard InChI is InChI=1S/C10H13F3N4O2S/c1-3-19-8(18)6-4-14-9(20-2)16-7(6)17-15-5-10(11,12)13/h4,15H,3,5H2,1-2H3,(H,14,16,17). The van der Waals surface area contributed by atoms with Crippen LogP contribution in [0.5, 0.6) is 0 Å². The fraction of sp³-hybridized carbons (Fsp3) is 0.500. The van der Waals surface area contributed by atoms with Crippen LogP contribution in [0, 0.1) is 0 Å². The zero-order valence-corrected chi connectivity index (χ0v) is 11.6. The number of nitrogens with zero attached hydrogens (tertiary/aromatic N) is 2. The summed E-state index contributed by atoms with van der Waals surface area (Å²) >= 11 is 1.19. The molecule has 20 heavy (non-hydrogen) atoms. The lowest BCUT2D eigenvalue weighted by atomic mass is 10.3. The quantitative estimate of drug-likeness (QED) is 0.359. The Hall–Kier alpha value is -1.55. The highest BCUT2D eigenvalue weighted by atomic mass is 32.2. The molecule has 1 rings (SSSR count). The molecule has 0 spiro atoms. The highest BCUT2D eigenvalue weighted by Crippen LogP contribution is 2.17. The van der Waals surface area contributed by atoms with Crippen molar-refractivity contribution < 1.29 is 22.7 Å². The van der Waals surface area contributed by atoms with Crippen LogP contribution in [0.1, 0.15) is 17.3 Å². The molecule has 0 saturated carbocycles. The van der Waals surface area contributed by atoms with E-state index in [0.29, 0.717) is 5.16 Å². The smallest absolute Gasteiger partial charge is 0.402 e. The van der Waals surface area contributed by atoms with E-state index in [1.807, 2.05) is 5.43 Å². The molecule has 6 nitrogen and oxygen atoms in total. The number of aromatic nitrogens is 2. The summed E-state index contributed by atoms with van der Waals surface area (Å²) < 4.78 is 40.9. The van der Waals surface area contributed by atoms with Crippen LogP contribution < -0.4 is 10.9 Å². The van der Waals surface area contributed by atoms with Gasteiger partial charge in [-0.2, -0.15) is 13.2 Å². The van der Waals surface area contributed by atoms with Crippen LogP contribution in [0.15, 0.2) is 11.4 Å². The molecule has 0 aliphatic heterocycles. The van der Waals surface area contributed by atoms with Crippen molar-refractivity contribution >= 4 is 23.5 Å². The molecule has 0 atom stereocenters. The van der Waals surface area contributed by atoms with E-state index in [-0.39, 0.29) is 18.0 Å². The Balaban J connectivity index is 2.86. The minimum atomic E-state index is -4.38. The van der Waals surface area contributed by atoms with E-state index in [1.165, 1.54) is 18.0 Å². The van der Waals surface area contributed by atoms with Crippen molar-refractivity contribution in [2.75, 3.05) is 24.8 Å². The summed E-state index contributed by atoms with van der Waals surface area (Å²) in [6.07, 6.45) is -1.48. The number of halogens is 3. The molecule has 0 aliphatic carbocycles. The Morgan fingerprint density at radius 1 is 1.50 bits per heavy atom. The molecule has 0 bridgehead atoms. The molecule has 2 N–H and O–H groups in total. The third kappa shape index (κ3) is 5.21. The Morgan fingerprint density at radius 2 is 2.20 bits per heavy atom. The van der Waals surface area contributed by atoms with Crippen LogP contribution in [0.3, 0.4) is 0 Å². The topological polar surface area (TPSA) is 76.1 Å². The molecule has 1 aromatic heterocycles. The van der Waals surface area contributed by atoms with Crippen molar-refractivity contribution in [3.8, 4) is 0 Å². The molecule has 0 radical (unpaired) electrons. The van der Waals surface area contributed by atoms with Gasteiger partial charge in [0.25, 0.3) is 0 Å². The monoisotopic (exact) mass is 310 g/mol. The third-order valence-corrected chi connectivity index (χ3v) is 2.50. The second-order valence-corrected chi connectivity index (χ2v) is 4.21. The number of alkyl halides is 3. The number of esters is 1. The van der Waals surface area contributed by atoms with E-state index >= 15 is 0 Å². The highest BCUT2D eigenvalue weighted by molar-refractivity contribution is 7.98. The van der Waals surface area contributed by atoms with Gasteiger partial charge in [-0.3, -0.25) is 0 Å². The van der Waals surface area contributed by atoms with Gasteiger partial charge in [0, 0.05) is 6.20 Å². The van der Waals surface area contributed by atoms with Gasteiger partial charge in [0.2, 0.25) is 0 Å². The predicted molar refractivity (Wildman–Crippen MR) is 67.4 cm³/mol. The van der Waals surface area contributed by atoms with E-state index in [0.717, 1.165) is 0 Å². The lowest BCUT2D eigenvalue weighted by molar-refractivity contribution is -0.123. The maximum absolute atomic E-state index is 12.1. The molecule has 0 unspecified atom stereocenters. The second kappa shape index (κ2) is 7.29. The van der Waals surface area contributed by atoms with Gasteiger partial charge in [-0.25, -0.2) is 20.2 Å². The van der Waals surface area contributed by atoms with Crippen molar-refractivity contribution in [2.24, 2.45) is 0 Å². The third-order valence-electron chi connectivity index (χ3n) is 1.94. The number of carbonyl (C=O) groups is 1. The molecule has 0 aliphatic rings. The van der Waals surface area contributed by atoms with E-state index in [9.17, 15) is 18.0 Å². The lowest BCUT2D eigenvalue weighted by Crippen LogP contribution is -2.34. The second-order valence-electron chi connectivity index (χ2n) is 3.43. The minimum Gasteiger partial charge on any atom is -0.462 e. The molecule has 1 aromatic rings. The summed E-state index contributed by atoms with van der Waals surface area (Å²) in [5.74, 6) is -0.775. The minimum absolute atomic E-state index is 0.0423. The average Bonchev–Trinajstić information content (AvgIpc) is 2.37. The highest BCUT2D eigenvalue weighted by Gasteiger charge is 2.27. The van der Waals surface area contributed by atoms with Crippen LogP contribution in [-0.2, 0) is 4.74 Å². The zero-order valence-electron chi connectivity index (χ0n) is 10.7. The summed E-state index contributed by atoms with van der Waals surface area (Å²) in [5, 5.41) is 0.314. The average molecular weight is 310 g/mol. The molecule has 0 saturated heterocycles. The zero-order chi connectivity index (χ0) is 15.2. The molecule has 112 valence electrons. The molecular weight excluding hydrogens is 297 g/mol. The van der Waals surface area contributed by atoms with Gasteiger partial charge in [0.15, 0.2) is 11.0 Å². The fourth-order valence-corrected chi connectivity index (χ4v) is 1.49. The first kappa shape index (κ1) is 16.5. The molecule has 0 aromatic carbocycles. The Labute approximate surface area is 117 Å². The van der Waals surface area contributed by atoms with Crippen LogP contribution in [-0.4, -0.2) is 41.5 Å². The summed E-state index contributed by atoms with van der Waals surface area (Å²) in [7, 11) is 0. The molecule has 10 heteroatoms. The number of thioether (sulfide) groups is 1. The van der Waals surface area contributed by atoms with Gasteiger partial charge in [0.05, 0.1) is 6.61 Å². The van der Waals surface area contributed by atoms with E-state index in [1.54, 1.807) is 13.2 Å². The number of nitrogens with one attached hydrogen (secondary N) is 2. The first-order chi connectivity index (χ1) is 9.37. The van der Waals surface area contributed by atoms with Crippen molar-refractivity contribution in [1.82, 2.24) is 15.4 Å². The maximum Gasteiger partial charge on any atom is 0.402 e. The molecule has 0 amide bonds. The number of hydrogen-bond acceptors (Lipinski definition) is 7. The Morgan fingerprint density at radius 3 is 2.75 bits per heavy atom. The number of ether oxygens (including phenoxy) is 1. The van der Waals surface area contributed by atoms with E-state index < -0.39 is 18.7 Å². The van der Waals surface area contributed by atoms with Gasteiger partial charge in [-0.15, -0.1) is 0 Å². The number of rotatable bonds is 6. The van der Waals surface area contributed by atoms with Crippen molar-refractivity contribution in [3.63, 3.8) is 0 Å². The number of carbonyl (C=O) groups excluding carboxylic acids is 1. The number of hydrazine groups is 1. The van der Waals surface area contributed by atoms with Gasteiger partial charge in [-0.05, 0) is 13.2 Å². The Bertz CT molecular complexity index is 470. The van der Waals surface area contributed by atoms with Crippen molar-refractivity contribution in [1.29, 1.82) is 0 Å². The van der Waals surface area contributed by atoms with Gasteiger partial charge >= 0.3 is 12.1 Å². The summed E-state index contributed by atoms with van der Waals surface area (Å²) in [5.41, 5.74) is 4.15. The maximum atomic E-state index is 12.1. The van der Waals surface area contributed by atoms with Gasteiger partial charge < -0.3 is 10.2 Å². The normalized spacial score (nSPS) is 11.2. The van der Waals surface area contributed by atoms with Crippen LogP contribution >= 0.6 is 11.8 Å². The van der Waals surface area contributed by atoms with Crippen LogP contribution in [0.2, 0.25) is 0 Å². The van der Waals surface area contributed by atoms with Crippen molar-refractivity contribution in [2.45, 2.75) is 18.3 Å². The lowest BCUT2D eigenvalue weighted by Gasteiger charge is -2.13. The summed E-state index contributed by atoms with van der Waals surface area (Å²) in [4.78, 5) is 19.4. The van der Waals surface area contributed by atoms with E-state index in [2.05, 4.69) is 15.4 Å². The van der Waals surface area contributed by atoms with E-state index in [4.69, 9.17) is 4.74 Å². The summed E-state index contributed by atoms with van der Waals surface area (Å²) in [6.45, 7) is 0.483. The van der Waals surface area contributed by atoms with Crippen molar-refractivity contribution in [3.05, 3.63) is 11.8 Å². The largest absolute Gasteiger partial charge is 0.462 e. The molecule has 1 heterocycles. The van der Waals surface area contributed by atoms with Crippen LogP contribution in [0.25, 0.3) is 0 Å². The summed E-state index contributed by atoms with van der Waals surface area (Å²) in [6, 6.07) is 0. The van der Waals surface area contributed by atoms with Crippen LogP contribution in [0.4, 0.5) is 19.0 Å². The fourth-order valence-electron chi connectivity index (χ4n) is 1.15. The Kier molecular flexibility index (Phi) is 6.02. The number of anilines is 1. The van der Waals surface area contributed by atoms with Gasteiger partial charge in [0.1, 0.15) is 12.1 Å². The number of hydrogen-bond donors (Lipinski definition) is 2. The molecule has 0 fully saturated rings. The first-order valence-electron chi connectivity index (χ1n) is 5.51. The SMILES string of the molecule is CCOC(=O)c1cnc(SC)nc1NNCC(F)(F)F. The first-order valence-corrected chi connectivity index (χ1v) is 6.73. The molecular formula is C10H13F3N4O2S. The van der Waals surface area contributed by atoms with Gasteiger partial charge in [-0.1, -0.05) is 11.8 Å². The predicted octanol–water partition coefficient (Wildman–Crippen LogP) is 1.85.